The Morgan fingerprint density at radius 3 is 2.29 bits per heavy atom. The maximum atomic E-state index is 13.1. The lowest BCUT2D eigenvalue weighted by atomic mass is 10.2. The average molecular weight is 334 g/mol. The van der Waals surface area contributed by atoms with Crippen LogP contribution in [0.2, 0.25) is 5.02 Å². The van der Waals surface area contributed by atoms with Crippen molar-refractivity contribution in [3.8, 4) is 0 Å². The molecule has 0 bridgehead atoms. The molecule has 2 rings (SSSR count). The highest BCUT2D eigenvalue weighted by molar-refractivity contribution is 7.92. The second kappa shape index (κ2) is 5.97. The number of anilines is 1. The Morgan fingerprint density at radius 2 is 1.71 bits per heavy atom. The van der Waals surface area contributed by atoms with Crippen LogP contribution in [0.1, 0.15) is 5.56 Å². The van der Waals surface area contributed by atoms with Crippen molar-refractivity contribution in [1.29, 1.82) is 0 Å². The van der Waals surface area contributed by atoms with Gasteiger partial charge in [0.1, 0.15) is 16.5 Å². The number of benzene rings is 2. The Morgan fingerprint density at radius 1 is 1.10 bits per heavy atom. The second-order valence-corrected chi connectivity index (χ2v) is 6.24. The van der Waals surface area contributed by atoms with Crippen molar-refractivity contribution in [2.45, 2.75) is 11.5 Å². The van der Waals surface area contributed by atoms with Crippen molar-refractivity contribution in [2.24, 2.45) is 0 Å². The summed E-state index contributed by atoms with van der Waals surface area (Å²) in [6, 6.07) is 6.25. The summed E-state index contributed by atoms with van der Waals surface area (Å²) >= 11 is 5.82. The van der Waals surface area contributed by atoms with Crippen molar-refractivity contribution in [3.05, 3.63) is 58.6 Å². The van der Waals surface area contributed by atoms with Gasteiger partial charge in [0.05, 0.1) is 17.3 Å². The van der Waals surface area contributed by atoms with Crippen LogP contribution in [0.25, 0.3) is 0 Å². The minimum absolute atomic E-state index is 0.0726. The van der Waals surface area contributed by atoms with Gasteiger partial charge in [-0.25, -0.2) is 17.2 Å². The van der Waals surface area contributed by atoms with Crippen LogP contribution in [0.5, 0.6) is 0 Å². The van der Waals surface area contributed by atoms with Crippen LogP contribution < -0.4 is 4.72 Å². The monoisotopic (exact) mass is 333 g/mol. The third-order valence-electron chi connectivity index (χ3n) is 2.58. The summed E-state index contributed by atoms with van der Waals surface area (Å²) in [7, 11) is -4.14. The van der Waals surface area contributed by atoms with E-state index in [4.69, 9.17) is 16.7 Å². The molecular formula is C13H10ClF2NO3S. The molecule has 0 saturated heterocycles. The van der Waals surface area contributed by atoms with Gasteiger partial charge < -0.3 is 5.11 Å². The van der Waals surface area contributed by atoms with Crippen LogP contribution >= 0.6 is 11.6 Å². The molecular weight excluding hydrogens is 324 g/mol. The highest BCUT2D eigenvalue weighted by atomic mass is 35.5. The van der Waals surface area contributed by atoms with Crippen molar-refractivity contribution in [2.75, 3.05) is 4.72 Å². The van der Waals surface area contributed by atoms with Gasteiger partial charge in [-0.05, 0) is 29.8 Å². The molecule has 0 atom stereocenters. The minimum atomic E-state index is -4.14. The Bertz CT molecular complexity index is 761. The third kappa shape index (κ3) is 3.69. The quantitative estimate of drug-likeness (QED) is 0.904. The fourth-order valence-electron chi connectivity index (χ4n) is 1.67. The second-order valence-electron chi connectivity index (χ2n) is 4.19. The minimum Gasteiger partial charge on any atom is -0.392 e. The van der Waals surface area contributed by atoms with Crippen molar-refractivity contribution >= 4 is 27.3 Å². The van der Waals surface area contributed by atoms with Gasteiger partial charge in [0.15, 0.2) is 0 Å². The molecule has 0 aliphatic heterocycles. The molecule has 0 heterocycles. The summed E-state index contributed by atoms with van der Waals surface area (Å²) < 4.78 is 52.6. The van der Waals surface area contributed by atoms with Crippen LogP contribution in [0, 0.1) is 11.6 Å². The van der Waals surface area contributed by atoms with Crippen molar-refractivity contribution in [3.63, 3.8) is 0 Å². The highest BCUT2D eigenvalue weighted by Crippen LogP contribution is 2.25. The van der Waals surface area contributed by atoms with E-state index in [0.717, 1.165) is 12.1 Å². The summed E-state index contributed by atoms with van der Waals surface area (Å²) in [6.07, 6.45) is 0. The van der Waals surface area contributed by atoms with Gasteiger partial charge in [-0.3, -0.25) is 4.72 Å². The molecule has 0 aliphatic carbocycles. The highest BCUT2D eigenvalue weighted by Gasteiger charge is 2.19. The zero-order chi connectivity index (χ0) is 15.6. The number of aliphatic hydroxyl groups excluding tert-OH is 1. The van der Waals surface area contributed by atoms with Gasteiger partial charge in [-0.15, -0.1) is 0 Å². The number of nitrogens with one attached hydrogen (secondary N) is 1. The smallest absolute Gasteiger partial charge is 0.263 e. The molecule has 2 N–H and O–H groups in total. The van der Waals surface area contributed by atoms with E-state index in [1.165, 1.54) is 18.2 Å². The largest absolute Gasteiger partial charge is 0.392 e. The summed E-state index contributed by atoms with van der Waals surface area (Å²) in [5, 5.41) is 8.95. The Balaban J connectivity index is 2.42. The lowest BCUT2D eigenvalue weighted by Crippen LogP contribution is -2.14. The SMILES string of the molecule is O=S(=O)(Nc1cc(F)cc(F)c1)c1cc(CO)ccc1Cl. The zero-order valence-corrected chi connectivity index (χ0v) is 12.0. The average Bonchev–Trinajstić information content (AvgIpc) is 2.37. The van der Waals surface area contributed by atoms with E-state index >= 15 is 0 Å². The summed E-state index contributed by atoms with van der Waals surface area (Å²) in [6.45, 7) is -0.367. The molecule has 2 aromatic rings. The van der Waals surface area contributed by atoms with E-state index < -0.39 is 21.7 Å². The molecule has 0 radical (unpaired) electrons. The number of hydrogen-bond donors (Lipinski definition) is 2. The maximum Gasteiger partial charge on any atom is 0.263 e. The maximum absolute atomic E-state index is 13.1. The Labute approximate surface area is 125 Å². The van der Waals surface area contributed by atoms with Gasteiger partial charge >= 0.3 is 0 Å². The predicted octanol–water partition coefficient (Wildman–Crippen LogP) is 2.91. The molecule has 0 saturated carbocycles. The number of rotatable bonds is 4. The van der Waals surface area contributed by atoms with E-state index in [1.54, 1.807) is 0 Å². The molecule has 0 amide bonds. The lowest BCUT2D eigenvalue weighted by Gasteiger charge is -2.11. The number of halogens is 3. The van der Waals surface area contributed by atoms with Crippen molar-refractivity contribution < 1.29 is 22.3 Å². The van der Waals surface area contributed by atoms with E-state index in [2.05, 4.69) is 0 Å². The van der Waals surface area contributed by atoms with Gasteiger partial charge in [0, 0.05) is 6.07 Å². The first kappa shape index (κ1) is 15.7. The van der Waals surface area contributed by atoms with Crippen LogP contribution in [0.15, 0.2) is 41.3 Å². The standard InChI is InChI=1S/C13H10ClF2NO3S/c14-12-2-1-8(7-18)3-13(12)21(19,20)17-11-5-9(15)4-10(16)6-11/h1-6,17-18H,7H2. The molecule has 2 aromatic carbocycles. The lowest BCUT2D eigenvalue weighted by molar-refractivity contribution is 0.281. The molecule has 0 spiro atoms. The van der Waals surface area contributed by atoms with E-state index in [0.29, 0.717) is 11.6 Å². The fourth-order valence-corrected chi connectivity index (χ4v) is 3.27. The zero-order valence-electron chi connectivity index (χ0n) is 10.5. The summed E-state index contributed by atoms with van der Waals surface area (Å²) in [5.74, 6) is -1.83. The molecule has 21 heavy (non-hydrogen) atoms. The number of sulfonamides is 1. The molecule has 0 aromatic heterocycles. The van der Waals surface area contributed by atoms with Gasteiger partial charge in [-0.2, -0.15) is 0 Å². The van der Waals surface area contributed by atoms with E-state index in [1.807, 2.05) is 4.72 Å². The van der Waals surface area contributed by atoms with Crippen LogP contribution in [0.4, 0.5) is 14.5 Å². The first-order valence-electron chi connectivity index (χ1n) is 5.70. The van der Waals surface area contributed by atoms with Gasteiger partial charge in [-0.1, -0.05) is 17.7 Å². The topological polar surface area (TPSA) is 66.4 Å². The normalized spacial score (nSPS) is 11.4. The molecule has 4 nitrogen and oxygen atoms in total. The van der Waals surface area contributed by atoms with E-state index in [-0.39, 0.29) is 22.2 Å². The van der Waals surface area contributed by atoms with Crippen LogP contribution in [-0.2, 0) is 16.6 Å². The summed E-state index contributed by atoms with van der Waals surface area (Å²) in [4.78, 5) is -0.291. The first-order valence-corrected chi connectivity index (χ1v) is 7.56. The van der Waals surface area contributed by atoms with Crippen LogP contribution in [-0.4, -0.2) is 13.5 Å². The molecule has 112 valence electrons. The van der Waals surface area contributed by atoms with E-state index in [9.17, 15) is 17.2 Å². The third-order valence-corrected chi connectivity index (χ3v) is 4.45. The fraction of sp³-hybridized carbons (Fsp3) is 0.0769. The Hall–Kier alpha value is -1.70. The summed E-state index contributed by atoms with van der Waals surface area (Å²) in [5.41, 5.74) is 0.0724. The molecule has 8 heteroatoms. The van der Waals surface area contributed by atoms with Gasteiger partial charge in [0.2, 0.25) is 0 Å². The van der Waals surface area contributed by atoms with Crippen molar-refractivity contribution in [1.82, 2.24) is 0 Å². The Kier molecular flexibility index (Phi) is 4.46. The predicted molar refractivity (Wildman–Crippen MR) is 74.5 cm³/mol. The molecule has 0 aliphatic rings. The number of hydrogen-bond acceptors (Lipinski definition) is 3. The first-order chi connectivity index (χ1) is 9.81. The molecule has 0 fully saturated rings. The van der Waals surface area contributed by atoms with Gasteiger partial charge in [0.25, 0.3) is 10.0 Å². The number of aliphatic hydroxyl groups is 1. The molecule has 0 unspecified atom stereocenters. The van der Waals surface area contributed by atoms with Crippen LogP contribution in [0.3, 0.4) is 0 Å².